The fourth-order valence-corrected chi connectivity index (χ4v) is 2.39. The molecule has 0 saturated carbocycles. The van der Waals surface area contributed by atoms with E-state index in [2.05, 4.69) is 25.4 Å². The van der Waals surface area contributed by atoms with E-state index >= 15 is 0 Å². The second kappa shape index (κ2) is 4.92. The van der Waals surface area contributed by atoms with Crippen LogP contribution in [0.1, 0.15) is 0 Å². The highest BCUT2D eigenvalue weighted by Gasteiger charge is 2.13. The van der Waals surface area contributed by atoms with Gasteiger partial charge < -0.3 is 4.98 Å². The molecule has 0 saturated heterocycles. The summed E-state index contributed by atoms with van der Waals surface area (Å²) in [6.45, 7) is 0. The topological polar surface area (TPSA) is 87.3 Å². The van der Waals surface area contributed by atoms with Crippen LogP contribution in [-0.2, 0) is 0 Å². The summed E-state index contributed by atoms with van der Waals surface area (Å²) in [5.41, 5.74) is 3.14. The number of rotatable bonds is 2. The van der Waals surface area contributed by atoms with Gasteiger partial charge in [-0.3, -0.25) is 9.89 Å². The maximum Gasteiger partial charge on any atom is 0.257 e. The van der Waals surface area contributed by atoms with Gasteiger partial charge in [-0.1, -0.05) is 30.3 Å². The molecule has 0 atom stereocenters. The number of nitrogens with zero attached hydrogens (tertiary/aromatic N) is 3. The Balaban J connectivity index is 1.95. The molecule has 4 rings (SSSR count). The van der Waals surface area contributed by atoms with Crippen molar-refractivity contribution in [2.45, 2.75) is 0 Å². The van der Waals surface area contributed by atoms with E-state index in [1.165, 1.54) is 0 Å². The molecule has 0 bridgehead atoms. The van der Waals surface area contributed by atoms with Gasteiger partial charge >= 0.3 is 0 Å². The molecule has 6 heteroatoms. The summed E-state index contributed by atoms with van der Waals surface area (Å²) in [5, 5.41) is 16.2. The molecule has 0 aliphatic carbocycles. The molecule has 3 aromatic heterocycles. The second-order valence-corrected chi connectivity index (χ2v) is 4.84. The maximum atomic E-state index is 12.0. The lowest BCUT2D eigenvalue weighted by Crippen LogP contribution is -2.07. The van der Waals surface area contributed by atoms with Crippen LogP contribution in [0.15, 0.2) is 59.5 Å². The lowest BCUT2D eigenvalue weighted by atomic mass is 10.1. The predicted octanol–water partition coefficient (Wildman–Crippen LogP) is 2.38. The van der Waals surface area contributed by atoms with Gasteiger partial charge in [-0.25, -0.2) is 0 Å². The van der Waals surface area contributed by atoms with Crippen molar-refractivity contribution < 1.29 is 0 Å². The summed E-state index contributed by atoms with van der Waals surface area (Å²) >= 11 is 0. The fraction of sp³-hybridized carbons (Fsp3) is 0. The lowest BCUT2D eigenvalue weighted by Gasteiger charge is -2.00. The van der Waals surface area contributed by atoms with Gasteiger partial charge in [0.25, 0.3) is 5.56 Å². The quantitative estimate of drug-likeness (QED) is 0.593. The second-order valence-electron chi connectivity index (χ2n) is 4.84. The zero-order chi connectivity index (χ0) is 14.9. The first-order valence-corrected chi connectivity index (χ1v) is 6.78. The van der Waals surface area contributed by atoms with Crippen molar-refractivity contribution in [3.8, 4) is 22.5 Å². The number of aromatic nitrogens is 5. The molecule has 1 aromatic carbocycles. The smallest absolute Gasteiger partial charge is 0.257 e. The minimum Gasteiger partial charge on any atom is -0.329 e. The Bertz CT molecular complexity index is 1000. The van der Waals surface area contributed by atoms with Gasteiger partial charge in [-0.15, -0.1) is 10.2 Å². The van der Waals surface area contributed by atoms with Gasteiger partial charge in [0.15, 0.2) is 5.65 Å². The SMILES string of the molecule is O=c1[nH]cccc1-c1n[nH]c2nnc(-c3ccccc3)cc12. The number of hydrogen-bond donors (Lipinski definition) is 2. The highest BCUT2D eigenvalue weighted by Crippen LogP contribution is 2.25. The average Bonchev–Trinajstić information content (AvgIpc) is 2.99. The molecule has 2 N–H and O–H groups in total. The van der Waals surface area contributed by atoms with E-state index in [0.29, 0.717) is 16.9 Å². The number of benzene rings is 1. The molecule has 22 heavy (non-hydrogen) atoms. The zero-order valence-corrected chi connectivity index (χ0v) is 11.4. The molecule has 106 valence electrons. The highest BCUT2D eigenvalue weighted by molar-refractivity contribution is 5.92. The number of H-pyrrole nitrogens is 2. The zero-order valence-electron chi connectivity index (χ0n) is 11.4. The summed E-state index contributed by atoms with van der Waals surface area (Å²) in [6.07, 6.45) is 1.59. The van der Waals surface area contributed by atoms with Crippen molar-refractivity contribution in [3.63, 3.8) is 0 Å². The third kappa shape index (κ3) is 1.98. The van der Waals surface area contributed by atoms with Gasteiger partial charge in [0.05, 0.1) is 16.6 Å². The molecular formula is C16H11N5O. The van der Waals surface area contributed by atoms with Crippen LogP contribution < -0.4 is 5.56 Å². The lowest BCUT2D eigenvalue weighted by molar-refractivity contribution is 1.03. The Morgan fingerprint density at radius 2 is 1.82 bits per heavy atom. The number of pyridine rings is 1. The predicted molar refractivity (Wildman–Crippen MR) is 83.2 cm³/mol. The Kier molecular flexibility index (Phi) is 2.79. The van der Waals surface area contributed by atoms with E-state index in [1.54, 1.807) is 18.3 Å². The van der Waals surface area contributed by atoms with E-state index in [0.717, 1.165) is 16.6 Å². The molecule has 0 aliphatic heterocycles. The fourth-order valence-electron chi connectivity index (χ4n) is 2.39. The Labute approximate surface area is 124 Å². The van der Waals surface area contributed by atoms with E-state index < -0.39 is 0 Å². The normalized spacial score (nSPS) is 10.9. The summed E-state index contributed by atoms with van der Waals surface area (Å²) in [5.74, 6) is 0. The molecule has 0 spiro atoms. The molecule has 0 unspecified atom stereocenters. The molecular weight excluding hydrogens is 278 g/mol. The van der Waals surface area contributed by atoms with Crippen LogP contribution in [0.3, 0.4) is 0 Å². The monoisotopic (exact) mass is 289 g/mol. The van der Waals surface area contributed by atoms with Crippen molar-refractivity contribution >= 4 is 11.0 Å². The van der Waals surface area contributed by atoms with Gasteiger partial charge in [0.2, 0.25) is 0 Å². The van der Waals surface area contributed by atoms with Gasteiger partial charge in [0.1, 0.15) is 5.69 Å². The molecule has 6 nitrogen and oxygen atoms in total. The third-order valence-corrected chi connectivity index (χ3v) is 3.47. The average molecular weight is 289 g/mol. The number of aromatic amines is 2. The first-order chi connectivity index (χ1) is 10.8. The van der Waals surface area contributed by atoms with Gasteiger partial charge in [0, 0.05) is 11.8 Å². The van der Waals surface area contributed by atoms with E-state index in [9.17, 15) is 4.79 Å². The minimum atomic E-state index is -0.186. The standard InChI is InChI=1S/C16H11N5O/c22-16-11(7-4-8-17-16)14-12-9-13(10-5-2-1-3-6-10)18-20-15(12)21-19-14/h1-9H,(H,17,22)(H,19,20,21). The van der Waals surface area contributed by atoms with E-state index in [-0.39, 0.29) is 5.56 Å². The van der Waals surface area contributed by atoms with Crippen LogP contribution in [0.5, 0.6) is 0 Å². The number of fused-ring (bicyclic) bond motifs is 1. The Morgan fingerprint density at radius 1 is 0.955 bits per heavy atom. The Morgan fingerprint density at radius 3 is 2.64 bits per heavy atom. The first kappa shape index (κ1) is 12.5. The van der Waals surface area contributed by atoms with Crippen molar-refractivity contribution in [1.82, 2.24) is 25.4 Å². The first-order valence-electron chi connectivity index (χ1n) is 6.78. The van der Waals surface area contributed by atoms with Crippen molar-refractivity contribution in [1.29, 1.82) is 0 Å². The van der Waals surface area contributed by atoms with E-state index in [1.807, 2.05) is 36.4 Å². The van der Waals surface area contributed by atoms with Crippen molar-refractivity contribution in [2.24, 2.45) is 0 Å². The van der Waals surface area contributed by atoms with Crippen LogP contribution in [0.4, 0.5) is 0 Å². The van der Waals surface area contributed by atoms with Crippen LogP contribution in [-0.4, -0.2) is 25.4 Å². The summed E-state index contributed by atoms with van der Waals surface area (Å²) < 4.78 is 0. The summed E-state index contributed by atoms with van der Waals surface area (Å²) in [4.78, 5) is 14.6. The molecule has 0 aliphatic rings. The third-order valence-electron chi connectivity index (χ3n) is 3.47. The largest absolute Gasteiger partial charge is 0.329 e. The highest BCUT2D eigenvalue weighted by atomic mass is 16.1. The Hall–Kier alpha value is -3.28. The summed E-state index contributed by atoms with van der Waals surface area (Å²) in [6, 6.07) is 15.2. The molecule has 0 fully saturated rings. The molecule has 3 heterocycles. The molecule has 0 radical (unpaired) electrons. The van der Waals surface area contributed by atoms with Crippen LogP contribution in [0, 0.1) is 0 Å². The van der Waals surface area contributed by atoms with Crippen molar-refractivity contribution in [3.05, 3.63) is 65.1 Å². The molecule has 0 amide bonds. The summed E-state index contributed by atoms with van der Waals surface area (Å²) in [7, 11) is 0. The van der Waals surface area contributed by atoms with Crippen LogP contribution >= 0.6 is 0 Å². The molecule has 4 aromatic rings. The number of hydrogen-bond acceptors (Lipinski definition) is 4. The van der Waals surface area contributed by atoms with Gasteiger partial charge in [-0.2, -0.15) is 5.10 Å². The van der Waals surface area contributed by atoms with E-state index in [4.69, 9.17) is 0 Å². The van der Waals surface area contributed by atoms with Crippen LogP contribution in [0.2, 0.25) is 0 Å². The number of nitrogens with one attached hydrogen (secondary N) is 2. The van der Waals surface area contributed by atoms with Crippen LogP contribution in [0.25, 0.3) is 33.5 Å². The van der Waals surface area contributed by atoms with Crippen molar-refractivity contribution in [2.75, 3.05) is 0 Å². The maximum absolute atomic E-state index is 12.0. The van der Waals surface area contributed by atoms with Gasteiger partial charge in [-0.05, 0) is 18.2 Å². The minimum absolute atomic E-state index is 0.186.